The van der Waals surface area contributed by atoms with Crippen molar-refractivity contribution in [2.45, 2.75) is 63.6 Å². The number of piperidine rings is 3. The lowest BCUT2D eigenvalue weighted by Crippen LogP contribution is -2.52. The number of hydrogen-bond acceptors (Lipinski definition) is 11. The summed E-state index contributed by atoms with van der Waals surface area (Å²) in [5.74, 6) is 1.77. The predicted octanol–water partition coefficient (Wildman–Crippen LogP) is 5.59. The van der Waals surface area contributed by atoms with Crippen molar-refractivity contribution in [3.63, 3.8) is 0 Å². The molecule has 3 N–H and O–H groups in total. The number of aromatic nitrogens is 4. The van der Waals surface area contributed by atoms with Crippen LogP contribution in [0.3, 0.4) is 0 Å². The topological polar surface area (TPSA) is 161 Å². The second-order valence-corrected chi connectivity index (χ2v) is 15.9. The van der Waals surface area contributed by atoms with Crippen molar-refractivity contribution in [1.29, 1.82) is 0 Å². The second-order valence-electron chi connectivity index (χ2n) is 15.9. The third-order valence-corrected chi connectivity index (χ3v) is 12.2. The van der Waals surface area contributed by atoms with E-state index in [0.29, 0.717) is 36.9 Å². The minimum Gasteiger partial charge on any atom is -0.457 e. The zero-order valence-corrected chi connectivity index (χ0v) is 32.6. The van der Waals surface area contributed by atoms with Crippen molar-refractivity contribution < 1.29 is 23.9 Å². The number of nitrogen functional groups attached to an aromatic ring is 1. The van der Waals surface area contributed by atoms with Crippen LogP contribution in [0.2, 0.25) is 0 Å². The van der Waals surface area contributed by atoms with Gasteiger partial charge in [-0.2, -0.15) is 5.10 Å². The van der Waals surface area contributed by atoms with E-state index >= 15 is 0 Å². The van der Waals surface area contributed by atoms with E-state index in [9.17, 15) is 14.4 Å². The molecular formula is C44H49N9O5. The van der Waals surface area contributed by atoms with Crippen LogP contribution in [0, 0.1) is 5.92 Å². The van der Waals surface area contributed by atoms with Crippen molar-refractivity contribution in [1.82, 2.24) is 34.9 Å². The minimum absolute atomic E-state index is 0.135. The molecule has 0 saturated carbocycles. The molecule has 300 valence electrons. The quantitative estimate of drug-likeness (QED) is 0.120. The van der Waals surface area contributed by atoms with E-state index < -0.39 is 6.04 Å². The van der Waals surface area contributed by atoms with Gasteiger partial charge in [-0.05, 0) is 111 Å². The Morgan fingerprint density at radius 1 is 0.862 bits per heavy atom. The second kappa shape index (κ2) is 16.5. The number of nitrogens with two attached hydrogens (primary N) is 1. The fraction of sp³-hybridized carbons (Fsp3) is 0.409. The summed E-state index contributed by atoms with van der Waals surface area (Å²) in [6, 6.07) is 23.2. The average Bonchev–Trinajstić information content (AvgIpc) is 3.80. The monoisotopic (exact) mass is 783 g/mol. The maximum atomic E-state index is 13.1. The highest BCUT2D eigenvalue weighted by atomic mass is 16.5. The van der Waals surface area contributed by atoms with E-state index in [-0.39, 0.29) is 30.2 Å². The van der Waals surface area contributed by atoms with Crippen molar-refractivity contribution >= 4 is 40.3 Å². The van der Waals surface area contributed by atoms with Crippen LogP contribution < -0.4 is 20.7 Å². The summed E-state index contributed by atoms with van der Waals surface area (Å²) in [4.78, 5) is 52.6. The molecule has 0 radical (unpaired) electrons. The summed E-state index contributed by atoms with van der Waals surface area (Å²) in [7, 11) is 0. The highest BCUT2D eigenvalue weighted by Crippen LogP contribution is 2.36. The molecule has 4 aliphatic heterocycles. The fourth-order valence-corrected chi connectivity index (χ4v) is 8.97. The fourth-order valence-electron chi connectivity index (χ4n) is 8.97. The van der Waals surface area contributed by atoms with Crippen LogP contribution in [0.1, 0.15) is 66.9 Å². The van der Waals surface area contributed by atoms with Crippen molar-refractivity contribution in [3.05, 3.63) is 90.3 Å². The Bertz CT molecular complexity index is 2290. The van der Waals surface area contributed by atoms with Gasteiger partial charge in [-0.1, -0.05) is 18.2 Å². The first-order valence-corrected chi connectivity index (χ1v) is 20.5. The van der Waals surface area contributed by atoms with Crippen LogP contribution in [0.25, 0.3) is 22.3 Å². The van der Waals surface area contributed by atoms with Crippen LogP contribution >= 0.6 is 0 Å². The van der Waals surface area contributed by atoms with Crippen LogP contribution in [-0.2, 0) is 20.9 Å². The maximum Gasteiger partial charge on any atom is 0.255 e. The molecule has 6 heterocycles. The molecule has 2 unspecified atom stereocenters. The smallest absolute Gasteiger partial charge is 0.255 e. The molecule has 0 spiro atoms. The van der Waals surface area contributed by atoms with Gasteiger partial charge >= 0.3 is 0 Å². The highest BCUT2D eigenvalue weighted by molar-refractivity contribution is 6.05. The molecule has 4 aliphatic rings. The van der Waals surface area contributed by atoms with Crippen molar-refractivity contribution in [2.24, 2.45) is 5.92 Å². The van der Waals surface area contributed by atoms with Gasteiger partial charge in [-0.15, -0.1) is 0 Å². The molecule has 2 aromatic heterocycles. The first kappa shape index (κ1) is 37.7. The van der Waals surface area contributed by atoms with E-state index in [1.807, 2.05) is 66.7 Å². The number of anilines is 2. The number of nitrogens with zero attached hydrogens (tertiary/aromatic N) is 7. The summed E-state index contributed by atoms with van der Waals surface area (Å²) in [5, 5.41) is 8.26. The number of imide groups is 1. The molecule has 14 nitrogen and oxygen atoms in total. The van der Waals surface area contributed by atoms with Gasteiger partial charge in [0.15, 0.2) is 5.65 Å². The van der Waals surface area contributed by atoms with E-state index in [4.69, 9.17) is 20.3 Å². The van der Waals surface area contributed by atoms with Gasteiger partial charge in [-0.3, -0.25) is 24.6 Å². The normalized spacial score (nSPS) is 20.4. The summed E-state index contributed by atoms with van der Waals surface area (Å²) in [6.07, 6.45) is 7.43. The zero-order chi connectivity index (χ0) is 39.6. The van der Waals surface area contributed by atoms with Gasteiger partial charge in [0.1, 0.15) is 35.4 Å². The number of ether oxygens (including phenoxy) is 2. The first-order chi connectivity index (χ1) is 28.4. The number of carbonyl (C=O) groups excluding carboxylic acids is 3. The Morgan fingerprint density at radius 3 is 2.48 bits per heavy atom. The molecule has 5 aromatic rings. The number of rotatable bonds is 12. The standard InChI is InChI=1S/C44H49N9O5/c45-41-39-40(30-8-11-35(12-9-30)58-34-6-2-1-3-7-34)49-53(42(39)47-28-46-41)33-5-4-19-50(27-33)22-24-57-23-18-29-16-20-51(21-17-29)32-10-13-36-31(25-32)26-52(44(36)56)37-14-15-38(54)48-43(37)55/h1-3,6-13,25,28-29,33,37H,4-5,14-24,26-27H2,(H2,45,46,47)(H,48,54,55). The highest BCUT2D eigenvalue weighted by Gasteiger charge is 2.39. The lowest BCUT2D eigenvalue weighted by atomic mass is 9.93. The summed E-state index contributed by atoms with van der Waals surface area (Å²) < 4.78 is 14.3. The molecule has 3 amide bonds. The van der Waals surface area contributed by atoms with Crippen LogP contribution in [-0.4, -0.2) is 99.2 Å². The molecule has 2 atom stereocenters. The SMILES string of the molecule is Nc1ncnc2c1c(-c1ccc(Oc3ccccc3)cc1)nn2C1CCCN(CCOCCC2CCN(c3ccc4c(c3)CN(C3CCC(=O)NC3=O)C4=O)CC2)C1. The Labute approximate surface area is 337 Å². The Hall–Kier alpha value is -5.86. The first-order valence-electron chi connectivity index (χ1n) is 20.5. The van der Waals surface area contributed by atoms with Crippen LogP contribution in [0.15, 0.2) is 79.1 Å². The number of carbonyl (C=O) groups is 3. The third-order valence-electron chi connectivity index (χ3n) is 12.2. The molecule has 9 rings (SSSR count). The van der Waals surface area contributed by atoms with Gasteiger partial charge in [-0.25, -0.2) is 14.6 Å². The van der Waals surface area contributed by atoms with Gasteiger partial charge in [0.25, 0.3) is 5.91 Å². The number of nitrogens with one attached hydrogen (secondary N) is 1. The number of amides is 3. The number of para-hydroxylation sites is 1. The number of likely N-dealkylation sites (tertiary alicyclic amines) is 1. The lowest BCUT2D eigenvalue weighted by Gasteiger charge is -2.34. The molecule has 3 aromatic carbocycles. The Morgan fingerprint density at radius 2 is 1.67 bits per heavy atom. The lowest BCUT2D eigenvalue weighted by molar-refractivity contribution is -0.136. The number of benzene rings is 3. The van der Waals surface area contributed by atoms with E-state index in [0.717, 1.165) is 116 Å². The predicted molar refractivity (Wildman–Crippen MR) is 219 cm³/mol. The molecule has 3 saturated heterocycles. The van der Waals surface area contributed by atoms with Crippen LogP contribution in [0.4, 0.5) is 11.5 Å². The molecule has 0 aliphatic carbocycles. The van der Waals surface area contributed by atoms with E-state index in [2.05, 4.69) is 35.8 Å². The summed E-state index contributed by atoms with van der Waals surface area (Å²) >= 11 is 0. The third kappa shape index (κ3) is 7.86. The van der Waals surface area contributed by atoms with Gasteiger partial charge < -0.3 is 25.0 Å². The summed E-state index contributed by atoms with van der Waals surface area (Å²) in [6.45, 7) is 6.49. The summed E-state index contributed by atoms with van der Waals surface area (Å²) in [5.41, 5.74) is 11.6. The van der Waals surface area contributed by atoms with E-state index in [1.54, 1.807) is 4.90 Å². The van der Waals surface area contributed by atoms with Gasteiger partial charge in [0.05, 0.1) is 18.0 Å². The number of fused-ring (bicyclic) bond motifs is 2. The Balaban J connectivity index is 0.740. The molecular weight excluding hydrogens is 735 g/mol. The molecule has 58 heavy (non-hydrogen) atoms. The van der Waals surface area contributed by atoms with Crippen molar-refractivity contribution in [2.75, 3.05) is 56.6 Å². The average molecular weight is 784 g/mol. The molecule has 3 fully saturated rings. The van der Waals surface area contributed by atoms with Crippen molar-refractivity contribution in [3.8, 4) is 22.8 Å². The van der Waals surface area contributed by atoms with Crippen LogP contribution in [0.5, 0.6) is 11.5 Å². The largest absolute Gasteiger partial charge is 0.457 e. The molecule has 14 heteroatoms. The van der Waals surface area contributed by atoms with Gasteiger partial charge in [0, 0.05) is 62.6 Å². The Kier molecular flexibility index (Phi) is 10.8. The molecule has 0 bridgehead atoms. The van der Waals surface area contributed by atoms with Gasteiger partial charge in [0.2, 0.25) is 11.8 Å². The van der Waals surface area contributed by atoms with E-state index in [1.165, 1.54) is 6.33 Å². The maximum absolute atomic E-state index is 13.1. The number of hydrogen-bond donors (Lipinski definition) is 2. The zero-order valence-electron chi connectivity index (χ0n) is 32.6. The minimum atomic E-state index is -0.597.